The van der Waals surface area contributed by atoms with Crippen molar-refractivity contribution in [3.05, 3.63) is 23.2 Å². The van der Waals surface area contributed by atoms with Crippen molar-refractivity contribution in [2.24, 2.45) is 0 Å². The number of hydrogen-bond donors (Lipinski definition) is 2. The van der Waals surface area contributed by atoms with Crippen LogP contribution in [0.15, 0.2) is 10.7 Å². The van der Waals surface area contributed by atoms with Gasteiger partial charge in [0.25, 0.3) is 5.91 Å². The molecule has 0 atom stereocenters. The van der Waals surface area contributed by atoms with Gasteiger partial charge in [0.1, 0.15) is 17.6 Å². The minimum Gasteiger partial charge on any atom is -0.478 e. The quantitative estimate of drug-likeness (QED) is 0.701. The van der Waals surface area contributed by atoms with E-state index in [1.54, 1.807) is 0 Å². The lowest BCUT2D eigenvalue weighted by molar-refractivity contribution is -0.0732. The highest BCUT2D eigenvalue weighted by atomic mass is 16.5. The Labute approximate surface area is 90.2 Å². The third kappa shape index (κ3) is 1.10. The number of carboxylic acids is 1. The van der Waals surface area contributed by atoms with Crippen LogP contribution in [0, 0.1) is 0 Å². The van der Waals surface area contributed by atoms with Gasteiger partial charge in [-0.15, -0.1) is 0 Å². The molecule has 6 heteroatoms. The van der Waals surface area contributed by atoms with Gasteiger partial charge in [-0.2, -0.15) is 0 Å². The predicted molar refractivity (Wildman–Crippen MR) is 50.4 cm³/mol. The zero-order chi connectivity index (χ0) is 11.3. The summed E-state index contributed by atoms with van der Waals surface area (Å²) in [7, 11) is 0. The maximum Gasteiger partial charge on any atom is 0.339 e. The van der Waals surface area contributed by atoms with Gasteiger partial charge in [-0.3, -0.25) is 4.79 Å². The topological polar surface area (TPSA) is 88.8 Å². The van der Waals surface area contributed by atoms with Crippen molar-refractivity contribution in [2.75, 3.05) is 13.2 Å². The average molecular weight is 223 g/mol. The molecule has 16 heavy (non-hydrogen) atoms. The summed E-state index contributed by atoms with van der Waals surface area (Å²) in [5, 5.41) is 11.7. The molecule has 0 bridgehead atoms. The molecule has 0 saturated carbocycles. The number of rotatable bonds is 1. The minimum atomic E-state index is -1.15. The molecule has 2 N–H and O–H groups in total. The van der Waals surface area contributed by atoms with E-state index in [0.717, 1.165) is 6.26 Å². The van der Waals surface area contributed by atoms with Crippen LogP contribution in [-0.2, 0) is 11.2 Å². The molecule has 3 heterocycles. The molecule has 1 spiro atoms. The highest BCUT2D eigenvalue weighted by molar-refractivity contribution is 6.06. The van der Waals surface area contributed by atoms with Crippen LogP contribution in [0.3, 0.4) is 0 Å². The fraction of sp³-hybridized carbons (Fsp3) is 0.400. The maximum atomic E-state index is 11.8. The summed E-state index contributed by atoms with van der Waals surface area (Å²) in [4.78, 5) is 22.7. The number of nitrogens with one attached hydrogen (secondary N) is 1. The summed E-state index contributed by atoms with van der Waals surface area (Å²) < 4.78 is 10.2. The van der Waals surface area contributed by atoms with Crippen molar-refractivity contribution in [1.82, 2.24) is 5.32 Å². The highest BCUT2D eigenvalue weighted by Gasteiger charge is 2.47. The Morgan fingerprint density at radius 3 is 2.81 bits per heavy atom. The van der Waals surface area contributed by atoms with Gasteiger partial charge in [-0.05, 0) is 0 Å². The van der Waals surface area contributed by atoms with Crippen molar-refractivity contribution in [2.45, 2.75) is 12.0 Å². The minimum absolute atomic E-state index is 0.0809. The number of carbonyl (C=O) groups is 2. The number of ether oxygens (including phenoxy) is 1. The summed E-state index contributed by atoms with van der Waals surface area (Å²) in [5.74, 6) is -1.11. The van der Waals surface area contributed by atoms with Crippen LogP contribution < -0.4 is 5.32 Å². The maximum absolute atomic E-state index is 11.8. The Kier molecular flexibility index (Phi) is 1.68. The van der Waals surface area contributed by atoms with Crippen molar-refractivity contribution in [3.63, 3.8) is 0 Å². The summed E-state index contributed by atoms with van der Waals surface area (Å²) >= 11 is 0. The van der Waals surface area contributed by atoms with Crippen LogP contribution in [0.4, 0.5) is 0 Å². The molecule has 6 nitrogen and oxygen atoms in total. The first-order chi connectivity index (χ1) is 7.61. The van der Waals surface area contributed by atoms with Crippen molar-refractivity contribution in [1.29, 1.82) is 0 Å². The van der Waals surface area contributed by atoms with Gasteiger partial charge in [0, 0.05) is 6.42 Å². The van der Waals surface area contributed by atoms with Gasteiger partial charge in [-0.1, -0.05) is 0 Å². The molecule has 1 aromatic heterocycles. The standard InChI is InChI=1S/C10H9NO5/c12-8-7-5(9(13)14)2-16-6(7)1-10(11-8)3-15-4-10/h2H,1,3-4H2,(H,11,12)(H,13,14). The number of aromatic carboxylic acids is 1. The van der Waals surface area contributed by atoms with Crippen LogP contribution in [-0.4, -0.2) is 35.7 Å². The molecule has 1 fully saturated rings. The van der Waals surface area contributed by atoms with E-state index in [4.69, 9.17) is 14.3 Å². The first kappa shape index (κ1) is 9.41. The fourth-order valence-electron chi connectivity index (χ4n) is 2.11. The fourth-order valence-corrected chi connectivity index (χ4v) is 2.11. The molecule has 0 radical (unpaired) electrons. The van der Waals surface area contributed by atoms with E-state index >= 15 is 0 Å². The molecule has 0 aliphatic carbocycles. The van der Waals surface area contributed by atoms with E-state index < -0.39 is 17.4 Å². The second-order valence-corrected chi connectivity index (χ2v) is 4.16. The summed E-state index contributed by atoms with van der Waals surface area (Å²) in [6, 6.07) is 0. The molecular formula is C10H9NO5. The summed E-state index contributed by atoms with van der Waals surface area (Å²) in [6.45, 7) is 0.891. The number of amides is 1. The molecule has 2 aliphatic rings. The molecule has 2 aliphatic heterocycles. The zero-order valence-electron chi connectivity index (χ0n) is 8.28. The van der Waals surface area contributed by atoms with E-state index in [1.165, 1.54) is 0 Å². The van der Waals surface area contributed by atoms with E-state index in [2.05, 4.69) is 5.32 Å². The second-order valence-electron chi connectivity index (χ2n) is 4.16. The van der Waals surface area contributed by atoms with Crippen LogP contribution in [0.25, 0.3) is 0 Å². The Morgan fingerprint density at radius 2 is 2.25 bits per heavy atom. The third-order valence-electron chi connectivity index (χ3n) is 2.96. The van der Waals surface area contributed by atoms with Crippen molar-refractivity contribution >= 4 is 11.9 Å². The molecule has 3 rings (SSSR count). The van der Waals surface area contributed by atoms with Crippen LogP contribution in [0.1, 0.15) is 26.5 Å². The average Bonchev–Trinajstić information content (AvgIpc) is 2.59. The summed E-state index contributed by atoms with van der Waals surface area (Å²) in [5.41, 5.74) is -0.329. The number of hydrogen-bond acceptors (Lipinski definition) is 4. The molecule has 1 amide bonds. The van der Waals surface area contributed by atoms with E-state index in [1.807, 2.05) is 0 Å². The molecule has 1 aromatic rings. The first-order valence-corrected chi connectivity index (χ1v) is 4.85. The Bertz CT molecular complexity index is 485. The monoisotopic (exact) mass is 223 g/mol. The van der Waals surface area contributed by atoms with Gasteiger partial charge in [0.05, 0.1) is 24.3 Å². The number of furan rings is 1. The van der Waals surface area contributed by atoms with E-state index in [-0.39, 0.29) is 11.1 Å². The molecule has 1 saturated heterocycles. The number of carbonyl (C=O) groups excluding carboxylic acids is 1. The molecule has 0 unspecified atom stereocenters. The first-order valence-electron chi connectivity index (χ1n) is 4.85. The second kappa shape index (κ2) is 2.85. The van der Waals surface area contributed by atoms with Gasteiger partial charge >= 0.3 is 5.97 Å². The summed E-state index contributed by atoms with van der Waals surface area (Å²) in [6.07, 6.45) is 1.60. The highest BCUT2D eigenvalue weighted by Crippen LogP contribution is 2.31. The van der Waals surface area contributed by atoms with Crippen molar-refractivity contribution in [3.8, 4) is 0 Å². The van der Waals surface area contributed by atoms with Gasteiger partial charge in [-0.25, -0.2) is 4.79 Å². The smallest absolute Gasteiger partial charge is 0.339 e. The molecular weight excluding hydrogens is 214 g/mol. The van der Waals surface area contributed by atoms with Crippen molar-refractivity contribution < 1.29 is 23.8 Å². The Morgan fingerprint density at radius 1 is 1.50 bits per heavy atom. The Hall–Kier alpha value is -1.82. The zero-order valence-corrected chi connectivity index (χ0v) is 8.28. The largest absolute Gasteiger partial charge is 0.478 e. The normalized spacial score (nSPS) is 21.1. The lowest BCUT2D eigenvalue weighted by Gasteiger charge is -2.43. The Balaban J connectivity index is 2.05. The van der Waals surface area contributed by atoms with E-state index in [0.29, 0.717) is 25.4 Å². The van der Waals surface area contributed by atoms with Gasteiger partial charge in [0.15, 0.2) is 0 Å². The van der Waals surface area contributed by atoms with Gasteiger partial charge in [0.2, 0.25) is 0 Å². The number of fused-ring (bicyclic) bond motifs is 1. The SMILES string of the molecule is O=C(O)c1coc2c1C(=O)NC1(COC1)C2. The molecule has 84 valence electrons. The van der Waals surface area contributed by atoms with E-state index in [9.17, 15) is 9.59 Å². The lowest BCUT2D eigenvalue weighted by Crippen LogP contribution is -2.65. The van der Waals surface area contributed by atoms with Gasteiger partial charge < -0.3 is 19.6 Å². The van der Waals surface area contributed by atoms with Crippen LogP contribution in [0.5, 0.6) is 0 Å². The van der Waals surface area contributed by atoms with Crippen LogP contribution >= 0.6 is 0 Å². The number of carboxylic acid groups (broad SMARTS) is 1. The van der Waals surface area contributed by atoms with Crippen LogP contribution in [0.2, 0.25) is 0 Å². The third-order valence-corrected chi connectivity index (χ3v) is 2.96. The predicted octanol–water partition coefficient (Wildman–Crippen LogP) is 0.0327. The lowest BCUT2D eigenvalue weighted by atomic mass is 9.86. The molecule has 0 aromatic carbocycles.